The number of nitrogens with zero attached hydrogens (tertiary/aromatic N) is 1. The fourth-order valence-corrected chi connectivity index (χ4v) is 4.01. The minimum Gasteiger partial charge on any atom is -0.477 e. The first kappa shape index (κ1) is 9.86. The van der Waals surface area contributed by atoms with Gasteiger partial charge in [0.1, 0.15) is 4.88 Å². The van der Waals surface area contributed by atoms with E-state index in [0.29, 0.717) is 10.1 Å². The van der Waals surface area contributed by atoms with E-state index in [4.69, 9.17) is 5.11 Å². The van der Waals surface area contributed by atoms with E-state index in [2.05, 4.69) is 6.92 Å². The van der Waals surface area contributed by atoms with Crippen molar-refractivity contribution >= 4 is 34.8 Å². The van der Waals surface area contributed by atoms with Crippen molar-refractivity contribution in [1.82, 2.24) is 0 Å². The molecule has 0 amide bonds. The Morgan fingerprint density at radius 1 is 1.71 bits per heavy atom. The van der Waals surface area contributed by atoms with Crippen LogP contribution in [0.15, 0.2) is 10.3 Å². The molecule has 0 bridgehead atoms. The van der Waals surface area contributed by atoms with Crippen LogP contribution in [0.5, 0.6) is 0 Å². The molecule has 76 valence electrons. The number of carboxylic acids is 1. The second kappa shape index (κ2) is 3.47. The molecule has 0 spiro atoms. The van der Waals surface area contributed by atoms with Crippen LogP contribution in [0.1, 0.15) is 16.6 Å². The molecule has 1 atom stereocenters. The van der Waals surface area contributed by atoms with Gasteiger partial charge in [-0.2, -0.15) is 0 Å². The lowest BCUT2D eigenvalue weighted by atomic mass is 10.3. The van der Waals surface area contributed by atoms with E-state index in [9.17, 15) is 4.79 Å². The van der Waals surface area contributed by atoms with Gasteiger partial charge in [0.05, 0.1) is 5.69 Å². The number of carboxylic acid groups (broad SMARTS) is 1. The van der Waals surface area contributed by atoms with Gasteiger partial charge >= 0.3 is 5.97 Å². The Kier molecular flexibility index (Phi) is 2.45. The van der Waals surface area contributed by atoms with Gasteiger partial charge in [0.25, 0.3) is 0 Å². The van der Waals surface area contributed by atoms with Gasteiger partial charge in [-0.05, 0) is 0 Å². The molecule has 0 saturated heterocycles. The Morgan fingerprint density at radius 2 is 2.43 bits per heavy atom. The van der Waals surface area contributed by atoms with E-state index in [-0.39, 0.29) is 0 Å². The average Bonchev–Trinajstić information content (AvgIpc) is 2.47. The predicted molar refractivity (Wildman–Crippen MR) is 59.9 cm³/mol. The standard InChI is InChI=1S/C9H11NO2S2/c1-5-3-10(2)7-6(14-5)4-13-8(7)9(11)12/h4-5H,3H2,1-2H3,(H,11,12). The third-order valence-electron chi connectivity index (χ3n) is 2.17. The number of carbonyl (C=O) groups is 1. The van der Waals surface area contributed by atoms with Crippen LogP contribution in [0.2, 0.25) is 0 Å². The Bertz CT molecular complexity index is 375. The number of thioether (sulfide) groups is 1. The second-order valence-electron chi connectivity index (χ2n) is 3.39. The number of anilines is 1. The van der Waals surface area contributed by atoms with Crippen LogP contribution in [-0.2, 0) is 0 Å². The first-order chi connectivity index (χ1) is 6.59. The molecule has 1 unspecified atom stereocenters. The summed E-state index contributed by atoms with van der Waals surface area (Å²) in [5, 5.41) is 11.5. The van der Waals surface area contributed by atoms with Gasteiger partial charge in [-0.25, -0.2) is 4.79 Å². The number of hydrogen-bond donors (Lipinski definition) is 1. The van der Waals surface area contributed by atoms with E-state index < -0.39 is 5.97 Å². The quantitative estimate of drug-likeness (QED) is 0.802. The summed E-state index contributed by atoms with van der Waals surface area (Å²) < 4.78 is 0. The highest BCUT2D eigenvalue weighted by Crippen LogP contribution is 2.43. The highest BCUT2D eigenvalue weighted by Gasteiger charge is 2.26. The molecule has 3 nitrogen and oxygen atoms in total. The van der Waals surface area contributed by atoms with Crippen molar-refractivity contribution in [2.45, 2.75) is 17.1 Å². The van der Waals surface area contributed by atoms with Crippen LogP contribution < -0.4 is 4.90 Å². The Labute approximate surface area is 90.7 Å². The van der Waals surface area contributed by atoms with Crippen molar-refractivity contribution in [3.05, 3.63) is 10.3 Å². The molecule has 1 N–H and O–H groups in total. The zero-order valence-electron chi connectivity index (χ0n) is 7.98. The van der Waals surface area contributed by atoms with Crippen LogP contribution in [0.25, 0.3) is 0 Å². The van der Waals surface area contributed by atoms with Gasteiger partial charge in [0.2, 0.25) is 0 Å². The SMILES string of the molecule is CC1CN(C)c2c(csc2C(=O)O)S1. The maximum atomic E-state index is 10.9. The molecule has 1 aliphatic rings. The molecule has 1 aromatic rings. The minimum absolute atomic E-state index is 0.460. The lowest BCUT2D eigenvalue weighted by Gasteiger charge is -2.29. The Balaban J connectivity index is 2.46. The number of rotatable bonds is 1. The fraction of sp³-hybridized carbons (Fsp3) is 0.444. The first-order valence-electron chi connectivity index (χ1n) is 4.32. The van der Waals surface area contributed by atoms with Gasteiger partial charge in [-0.15, -0.1) is 23.1 Å². The monoisotopic (exact) mass is 229 g/mol. The summed E-state index contributed by atoms with van der Waals surface area (Å²) in [4.78, 5) is 14.5. The van der Waals surface area contributed by atoms with Crippen LogP contribution in [-0.4, -0.2) is 29.9 Å². The van der Waals surface area contributed by atoms with Crippen LogP contribution in [0, 0.1) is 0 Å². The van der Waals surface area contributed by atoms with Crippen LogP contribution in [0.4, 0.5) is 5.69 Å². The molecule has 2 rings (SSSR count). The second-order valence-corrected chi connectivity index (χ2v) is 5.75. The molecular weight excluding hydrogens is 218 g/mol. The van der Waals surface area contributed by atoms with Crippen molar-refractivity contribution in [2.24, 2.45) is 0 Å². The molecule has 1 aromatic heterocycles. The van der Waals surface area contributed by atoms with Crippen molar-refractivity contribution in [1.29, 1.82) is 0 Å². The smallest absolute Gasteiger partial charge is 0.348 e. The number of hydrogen-bond acceptors (Lipinski definition) is 4. The third kappa shape index (κ3) is 1.50. The summed E-state index contributed by atoms with van der Waals surface area (Å²) >= 11 is 3.08. The lowest BCUT2D eigenvalue weighted by Crippen LogP contribution is -2.29. The maximum Gasteiger partial charge on any atom is 0.348 e. The van der Waals surface area contributed by atoms with Crippen LogP contribution >= 0.6 is 23.1 Å². The summed E-state index contributed by atoms with van der Waals surface area (Å²) in [6.45, 7) is 3.07. The Morgan fingerprint density at radius 3 is 3.07 bits per heavy atom. The largest absolute Gasteiger partial charge is 0.477 e. The summed E-state index contributed by atoms with van der Waals surface area (Å²) in [6, 6.07) is 0. The van der Waals surface area contributed by atoms with E-state index in [0.717, 1.165) is 17.1 Å². The van der Waals surface area contributed by atoms with Gasteiger partial charge < -0.3 is 10.0 Å². The van der Waals surface area contributed by atoms with Gasteiger partial charge in [-0.3, -0.25) is 0 Å². The number of fused-ring (bicyclic) bond motifs is 1. The minimum atomic E-state index is -0.821. The van der Waals surface area contributed by atoms with Gasteiger partial charge in [0, 0.05) is 29.1 Å². The van der Waals surface area contributed by atoms with E-state index in [1.54, 1.807) is 11.8 Å². The molecule has 1 aliphatic heterocycles. The van der Waals surface area contributed by atoms with Crippen molar-refractivity contribution in [2.75, 3.05) is 18.5 Å². The first-order valence-corrected chi connectivity index (χ1v) is 6.08. The van der Waals surface area contributed by atoms with E-state index in [1.165, 1.54) is 11.3 Å². The zero-order valence-corrected chi connectivity index (χ0v) is 9.61. The van der Waals surface area contributed by atoms with Crippen molar-refractivity contribution in [3.8, 4) is 0 Å². The molecule has 0 fully saturated rings. The van der Waals surface area contributed by atoms with E-state index in [1.807, 2.05) is 17.3 Å². The molecule has 14 heavy (non-hydrogen) atoms. The summed E-state index contributed by atoms with van der Waals surface area (Å²) in [6.07, 6.45) is 0. The van der Waals surface area contributed by atoms with E-state index >= 15 is 0 Å². The Hall–Kier alpha value is -0.680. The molecule has 5 heteroatoms. The normalized spacial score (nSPS) is 20.7. The lowest BCUT2D eigenvalue weighted by molar-refractivity contribution is 0.0702. The molecular formula is C9H11NO2S2. The highest BCUT2D eigenvalue weighted by molar-refractivity contribution is 8.00. The summed E-state index contributed by atoms with van der Waals surface area (Å²) in [5.74, 6) is -0.821. The fourth-order valence-electron chi connectivity index (χ4n) is 1.66. The molecule has 2 heterocycles. The highest BCUT2D eigenvalue weighted by atomic mass is 32.2. The average molecular weight is 229 g/mol. The number of aromatic carboxylic acids is 1. The number of thiophene rings is 1. The van der Waals surface area contributed by atoms with Crippen LogP contribution in [0.3, 0.4) is 0 Å². The maximum absolute atomic E-state index is 10.9. The molecule has 0 radical (unpaired) electrons. The summed E-state index contributed by atoms with van der Waals surface area (Å²) in [7, 11) is 1.95. The van der Waals surface area contributed by atoms with Gasteiger partial charge in [0.15, 0.2) is 0 Å². The summed E-state index contributed by atoms with van der Waals surface area (Å²) in [5.41, 5.74) is 0.894. The topological polar surface area (TPSA) is 40.5 Å². The van der Waals surface area contributed by atoms with Crippen molar-refractivity contribution < 1.29 is 9.90 Å². The third-order valence-corrected chi connectivity index (χ3v) is 4.39. The van der Waals surface area contributed by atoms with Crippen molar-refractivity contribution in [3.63, 3.8) is 0 Å². The van der Waals surface area contributed by atoms with Gasteiger partial charge in [-0.1, -0.05) is 6.92 Å². The molecule has 0 saturated carbocycles. The zero-order chi connectivity index (χ0) is 10.3. The molecule has 0 aliphatic carbocycles. The predicted octanol–water partition coefficient (Wildman–Crippen LogP) is 2.38. The molecule has 0 aromatic carbocycles.